The quantitative estimate of drug-likeness (QED) is 0.646. The van der Waals surface area contributed by atoms with Crippen molar-refractivity contribution in [3.8, 4) is 12.3 Å². The van der Waals surface area contributed by atoms with E-state index in [-0.39, 0.29) is 0 Å². The average molecular weight is 309 g/mol. The maximum Gasteiger partial charge on any atom is 0.116 e. The van der Waals surface area contributed by atoms with Gasteiger partial charge >= 0.3 is 0 Å². The molecule has 2 aromatic rings. The first-order valence-electron chi connectivity index (χ1n) is 4.34. The van der Waals surface area contributed by atoms with Crippen LogP contribution >= 0.6 is 22.6 Å². The molecule has 1 atom stereocenters. The normalized spacial score (nSPS) is 12.3. The molecule has 1 aromatic carbocycles. The molecule has 0 bridgehead atoms. The van der Waals surface area contributed by atoms with Crippen molar-refractivity contribution in [3.63, 3.8) is 0 Å². The summed E-state index contributed by atoms with van der Waals surface area (Å²) in [5.74, 6) is 2.48. The Bertz CT molecular complexity index is 545. The van der Waals surface area contributed by atoms with Gasteiger partial charge in [0.25, 0.3) is 0 Å². The number of aromatic nitrogens is 2. The van der Waals surface area contributed by atoms with Crippen molar-refractivity contribution in [2.45, 2.75) is 6.04 Å². The van der Waals surface area contributed by atoms with Crippen molar-refractivity contribution in [1.82, 2.24) is 9.97 Å². The van der Waals surface area contributed by atoms with E-state index in [2.05, 4.69) is 38.5 Å². The molecule has 74 valence electrons. The first kappa shape index (κ1) is 10.3. The van der Waals surface area contributed by atoms with Crippen molar-refractivity contribution in [3.05, 3.63) is 33.8 Å². The van der Waals surface area contributed by atoms with E-state index < -0.39 is 6.04 Å². The van der Waals surface area contributed by atoms with E-state index in [4.69, 9.17) is 12.2 Å². The zero-order chi connectivity index (χ0) is 10.8. The van der Waals surface area contributed by atoms with Crippen molar-refractivity contribution >= 4 is 33.5 Å². The summed E-state index contributed by atoms with van der Waals surface area (Å²) < 4.78 is 1.11. The molecule has 3 nitrogen and oxygen atoms in total. The highest BCUT2D eigenvalue weighted by atomic mass is 127. The van der Waals surface area contributed by atoms with E-state index >= 15 is 0 Å². The van der Waals surface area contributed by atoms with Gasteiger partial charge in [0.1, 0.15) is 12.4 Å². The predicted octanol–water partition coefficient (Wildman–Crippen LogP) is 1.87. The van der Waals surface area contributed by atoms with Gasteiger partial charge in [0.15, 0.2) is 0 Å². The molecule has 0 aliphatic carbocycles. The summed E-state index contributed by atoms with van der Waals surface area (Å²) in [5.41, 5.74) is 7.36. The molecule has 0 radical (unpaired) electrons. The number of hydrogen-bond acceptors (Lipinski definition) is 3. The van der Waals surface area contributed by atoms with Crippen LogP contribution in [0.1, 0.15) is 11.7 Å². The highest BCUT2D eigenvalue weighted by Crippen LogP contribution is 2.21. The molecule has 2 N–H and O–H groups in total. The zero-order valence-electron chi connectivity index (χ0n) is 7.81. The Kier molecular flexibility index (Phi) is 2.84. The first-order valence-corrected chi connectivity index (χ1v) is 5.42. The highest BCUT2D eigenvalue weighted by molar-refractivity contribution is 14.1. The Balaban J connectivity index is 2.75. The molecule has 1 heterocycles. The van der Waals surface area contributed by atoms with Crippen LogP contribution in [0.25, 0.3) is 10.9 Å². The van der Waals surface area contributed by atoms with E-state index in [1.807, 2.05) is 18.2 Å². The summed E-state index contributed by atoms with van der Waals surface area (Å²) in [5, 5.41) is 0.926. The van der Waals surface area contributed by atoms with Gasteiger partial charge in [-0.3, -0.25) is 0 Å². The second-order valence-corrected chi connectivity index (χ2v) is 4.31. The van der Waals surface area contributed by atoms with Gasteiger partial charge in [-0.25, -0.2) is 9.97 Å². The average Bonchev–Trinajstić information content (AvgIpc) is 2.27. The van der Waals surface area contributed by atoms with E-state index in [1.54, 1.807) is 0 Å². The fourth-order valence-corrected chi connectivity index (χ4v) is 1.87. The molecule has 2 rings (SSSR count). The lowest BCUT2D eigenvalue weighted by molar-refractivity contribution is 0.895. The van der Waals surface area contributed by atoms with Crippen LogP contribution in [0, 0.1) is 15.9 Å². The monoisotopic (exact) mass is 309 g/mol. The number of hydrogen-bond donors (Lipinski definition) is 1. The second kappa shape index (κ2) is 4.13. The molecule has 0 spiro atoms. The van der Waals surface area contributed by atoms with Gasteiger partial charge in [-0.1, -0.05) is 5.92 Å². The van der Waals surface area contributed by atoms with Crippen LogP contribution in [0.15, 0.2) is 24.5 Å². The molecule has 4 heteroatoms. The smallest absolute Gasteiger partial charge is 0.116 e. The third kappa shape index (κ3) is 1.94. The SMILES string of the molecule is C#CC(N)c1ncnc2ccc(I)cc12. The number of fused-ring (bicyclic) bond motifs is 1. The third-order valence-electron chi connectivity index (χ3n) is 2.10. The molecule has 0 saturated heterocycles. The Hall–Kier alpha value is -1.19. The fourth-order valence-electron chi connectivity index (χ4n) is 1.38. The summed E-state index contributed by atoms with van der Waals surface area (Å²) in [6.07, 6.45) is 6.78. The maximum absolute atomic E-state index is 5.78. The van der Waals surface area contributed by atoms with Gasteiger partial charge in [-0.2, -0.15) is 0 Å². The molecular formula is C11H8IN3. The molecule has 0 saturated carbocycles. The van der Waals surface area contributed by atoms with Crippen LogP contribution in [0.5, 0.6) is 0 Å². The fraction of sp³-hybridized carbons (Fsp3) is 0.0909. The lowest BCUT2D eigenvalue weighted by Crippen LogP contribution is -2.10. The van der Waals surface area contributed by atoms with Gasteiger partial charge < -0.3 is 5.73 Å². The second-order valence-electron chi connectivity index (χ2n) is 3.06. The van der Waals surface area contributed by atoms with Gasteiger partial charge in [-0.15, -0.1) is 6.42 Å². The lowest BCUT2D eigenvalue weighted by atomic mass is 10.1. The molecule has 0 amide bonds. The zero-order valence-corrected chi connectivity index (χ0v) is 9.97. The van der Waals surface area contributed by atoms with Crippen molar-refractivity contribution < 1.29 is 0 Å². The molecule has 1 aromatic heterocycles. The molecule has 15 heavy (non-hydrogen) atoms. The Morgan fingerprint density at radius 3 is 2.93 bits per heavy atom. The third-order valence-corrected chi connectivity index (χ3v) is 2.77. The molecule has 0 aliphatic rings. The number of benzene rings is 1. The molecular weight excluding hydrogens is 301 g/mol. The lowest BCUT2D eigenvalue weighted by Gasteiger charge is -2.07. The standard InChI is InChI=1S/C11H8IN3/c1-2-9(13)11-8-5-7(12)3-4-10(8)14-6-15-11/h1,3-6,9H,13H2. The number of halogens is 1. The topological polar surface area (TPSA) is 51.8 Å². The van der Waals surface area contributed by atoms with Crippen molar-refractivity contribution in [1.29, 1.82) is 0 Å². The van der Waals surface area contributed by atoms with E-state index in [1.165, 1.54) is 6.33 Å². The minimum atomic E-state index is -0.478. The van der Waals surface area contributed by atoms with Crippen LogP contribution in [-0.2, 0) is 0 Å². The number of nitrogens with zero attached hydrogens (tertiary/aromatic N) is 2. The first-order chi connectivity index (χ1) is 7.22. The van der Waals surface area contributed by atoms with Gasteiger partial charge in [-0.05, 0) is 40.8 Å². The highest BCUT2D eigenvalue weighted by Gasteiger charge is 2.09. The van der Waals surface area contributed by atoms with Gasteiger partial charge in [0.05, 0.1) is 11.2 Å². The summed E-state index contributed by atoms with van der Waals surface area (Å²) >= 11 is 2.23. The number of nitrogens with two attached hydrogens (primary N) is 1. The van der Waals surface area contributed by atoms with Gasteiger partial charge in [0, 0.05) is 8.96 Å². The van der Waals surface area contributed by atoms with Gasteiger partial charge in [0.2, 0.25) is 0 Å². The Labute approximate surface area is 101 Å². The van der Waals surface area contributed by atoms with Crippen LogP contribution < -0.4 is 5.73 Å². The Morgan fingerprint density at radius 1 is 1.40 bits per heavy atom. The summed E-state index contributed by atoms with van der Waals surface area (Å²) in [6, 6.07) is 5.43. The minimum absolute atomic E-state index is 0.478. The van der Waals surface area contributed by atoms with E-state index in [0.717, 1.165) is 14.5 Å². The molecule has 0 fully saturated rings. The molecule has 0 aliphatic heterocycles. The van der Waals surface area contributed by atoms with Crippen LogP contribution in [0.4, 0.5) is 0 Å². The number of rotatable bonds is 1. The summed E-state index contributed by atoms with van der Waals surface area (Å²) in [7, 11) is 0. The predicted molar refractivity (Wildman–Crippen MR) is 68.0 cm³/mol. The summed E-state index contributed by atoms with van der Waals surface area (Å²) in [6.45, 7) is 0. The largest absolute Gasteiger partial charge is 0.313 e. The van der Waals surface area contributed by atoms with E-state index in [0.29, 0.717) is 5.69 Å². The van der Waals surface area contributed by atoms with Crippen molar-refractivity contribution in [2.75, 3.05) is 0 Å². The maximum atomic E-state index is 5.78. The minimum Gasteiger partial charge on any atom is -0.313 e. The van der Waals surface area contributed by atoms with Crippen LogP contribution in [0.2, 0.25) is 0 Å². The van der Waals surface area contributed by atoms with Crippen LogP contribution in [-0.4, -0.2) is 9.97 Å². The number of terminal acetylenes is 1. The van der Waals surface area contributed by atoms with Crippen molar-refractivity contribution in [2.24, 2.45) is 5.73 Å². The van der Waals surface area contributed by atoms with Crippen LogP contribution in [0.3, 0.4) is 0 Å². The Morgan fingerprint density at radius 2 is 2.20 bits per heavy atom. The molecule has 1 unspecified atom stereocenters. The van der Waals surface area contributed by atoms with E-state index in [9.17, 15) is 0 Å². The summed E-state index contributed by atoms with van der Waals surface area (Å²) in [4.78, 5) is 8.30.